The molecular weight excluding hydrogens is 254 g/mol. The number of rotatable bonds is 4. The minimum Gasteiger partial charge on any atom is -0.478 e. The fourth-order valence-electron chi connectivity index (χ4n) is 1.34. The van der Waals surface area contributed by atoms with Gasteiger partial charge in [-0.3, -0.25) is 4.79 Å². The second-order valence-corrected chi connectivity index (χ2v) is 4.40. The van der Waals surface area contributed by atoms with Gasteiger partial charge in [-0.25, -0.2) is 9.78 Å². The van der Waals surface area contributed by atoms with Gasteiger partial charge in [-0.15, -0.1) is 0 Å². The van der Waals surface area contributed by atoms with Crippen molar-refractivity contribution in [2.75, 3.05) is 0 Å². The molecule has 92 valence electrons. The van der Waals surface area contributed by atoms with Crippen LogP contribution in [0.1, 0.15) is 0 Å². The van der Waals surface area contributed by atoms with Gasteiger partial charge in [-0.05, 0) is 23.9 Å². The molecule has 1 amide bonds. The summed E-state index contributed by atoms with van der Waals surface area (Å²) in [5, 5.41) is 9.04. The molecule has 4 N–H and O–H groups in total. The van der Waals surface area contributed by atoms with E-state index in [-0.39, 0.29) is 4.91 Å². The van der Waals surface area contributed by atoms with Crippen molar-refractivity contribution in [1.29, 1.82) is 0 Å². The van der Waals surface area contributed by atoms with Gasteiger partial charge in [0.1, 0.15) is 0 Å². The van der Waals surface area contributed by atoms with Gasteiger partial charge in [-0.2, -0.15) is 0 Å². The highest BCUT2D eigenvalue weighted by Crippen LogP contribution is 2.25. The molecule has 2 rings (SSSR count). The molecule has 0 aliphatic carbocycles. The first-order valence-electron chi connectivity index (χ1n) is 4.93. The summed E-state index contributed by atoms with van der Waals surface area (Å²) < 4.78 is 0. The van der Waals surface area contributed by atoms with Gasteiger partial charge in [0.25, 0.3) is 5.91 Å². The highest BCUT2D eigenvalue weighted by Gasteiger charge is 2.12. The van der Waals surface area contributed by atoms with E-state index in [0.717, 1.165) is 28.9 Å². The number of carbonyl (C=O) groups is 2. The van der Waals surface area contributed by atoms with Crippen molar-refractivity contribution in [2.24, 2.45) is 5.73 Å². The first kappa shape index (κ1) is 12.2. The quantitative estimate of drug-likeness (QED) is 0.565. The number of nitrogens with zero attached hydrogens (tertiary/aromatic N) is 1. The van der Waals surface area contributed by atoms with Crippen LogP contribution < -0.4 is 5.73 Å². The number of aliphatic carboxylic acids is 1. The number of H-pyrrole nitrogens is 1. The van der Waals surface area contributed by atoms with Gasteiger partial charge in [0.15, 0.2) is 5.16 Å². The Bertz CT molecular complexity index is 615. The molecule has 0 saturated heterocycles. The number of amides is 1. The monoisotopic (exact) mass is 263 g/mol. The van der Waals surface area contributed by atoms with Gasteiger partial charge >= 0.3 is 5.97 Å². The maximum atomic E-state index is 11.1. The van der Waals surface area contributed by atoms with E-state index in [1.54, 1.807) is 6.07 Å². The summed E-state index contributed by atoms with van der Waals surface area (Å²) in [6, 6.07) is 7.31. The Morgan fingerprint density at radius 3 is 2.72 bits per heavy atom. The van der Waals surface area contributed by atoms with Crippen LogP contribution in [0.2, 0.25) is 0 Å². The Hall–Kier alpha value is -2.28. The summed E-state index contributed by atoms with van der Waals surface area (Å²) in [5.74, 6) is -2.03. The van der Waals surface area contributed by atoms with Crippen LogP contribution in [0.5, 0.6) is 0 Å². The van der Waals surface area contributed by atoms with Crippen molar-refractivity contribution in [3.63, 3.8) is 0 Å². The lowest BCUT2D eigenvalue weighted by atomic mass is 10.3. The molecule has 0 radical (unpaired) electrons. The Kier molecular flexibility index (Phi) is 3.33. The average Bonchev–Trinajstić information content (AvgIpc) is 2.69. The minimum absolute atomic E-state index is 0.0819. The zero-order valence-electron chi connectivity index (χ0n) is 9.08. The summed E-state index contributed by atoms with van der Waals surface area (Å²) in [4.78, 5) is 28.7. The number of aromatic amines is 1. The third-order valence-corrected chi connectivity index (χ3v) is 3.00. The van der Waals surface area contributed by atoms with Crippen LogP contribution in [0.25, 0.3) is 11.0 Å². The summed E-state index contributed by atoms with van der Waals surface area (Å²) in [7, 11) is 0. The van der Waals surface area contributed by atoms with E-state index in [0.29, 0.717) is 5.16 Å². The number of aromatic nitrogens is 2. The number of benzene rings is 1. The lowest BCUT2D eigenvalue weighted by Crippen LogP contribution is -2.13. The number of nitrogens with two attached hydrogens (primary N) is 1. The standard InChI is InChI=1S/C11H9N3O3S/c12-10(17)8(5-9(15)16)18-11-13-6-3-1-2-4-7(6)14-11/h1-5H,(H2,12,17)(H,13,14)(H,15,16). The number of primary amides is 1. The number of para-hydroxylation sites is 2. The van der Waals surface area contributed by atoms with Crippen LogP contribution >= 0.6 is 11.8 Å². The van der Waals surface area contributed by atoms with E-state index in [2.05, 4.69) is 9.97 Å². The Labute approximate surface area is 106 Å². The fourth-order valence-corrected chi connectivity index (χ4v) is 2.12. The van der Waals surface area contributed by atoms with E-state index in [1.165, 1.54) is 0 Å². The normalized spacial score (nSPS) is 11.7. The molecule has 1 aromatic heterocycles. The molecule has 0 atom stereocenters. The molecule has 6 nitrogen and oxygen atoms in total. The van der Waals surface area contributed by atoms with E-state index in [9.17, 15) is 9.59 Å². The molecule has 0 aliphatic heterocycles. The Morgan fingerprint density at radius 2 is 2.11 bits per heavy atom. The molecule has 0 spiro atoms. The SMILES string of the molecule is NC(=O)C(=CC(=O)O)Sc1nc2ccccc2[nH]1. The summed E-state index contributed by atoms with van der Waals surface area (Å²) in [6.45, 7) is 0. The van der Waals surface area contributed by atoms with Gasteiger partial charge in [-0.1, -0.05) is 12.1 Å². The molecule has 0 fully saturated rings. The molecule has 0 saturated carbocycles. The second kappa shape index (κ2) is 4.92. The molecule has 1 heterocycles. The van der Waals surface area contributed by atoms with E-state index in [4.69, 9.17) is 10.8 Å². The average molecular weight is 263 g/mol. The molecular formula is C11H9N3O3S. The largest absolute Gasteiger partial charge is 0.478 e. The van der Waals surface area contributed by atoms with Crippen LogP contribution in [0.15, 0.2) is 40.4 Å². The van der Waals surface area contributed by atoms with Gasteiger partial charge < -0.3 is 15.8 Å². The summed E-state index contributed by atoms with van der Waals surface area (Å²) in [6.07, 6.45) is 0.764. The van der Waals surface area contributed by atoms with Gasteiger partial charge in [0.2, 0.25) is 0 Å². The number of hydrogen-bond acceptors (Lipinski definition) is 4. The van der Waals surface area contributed by atoms with Crippen LogP contribution in [0.4, 0.5) is 0 Å². The Morgan fingerprint density at radius 1 is 1.39 bits per heavy atom. The predicted octanol–water partition coefficient (Wildman–Crippen LogP) is 1.11. The van der Waals surface area contributed by atoms with E-state index < -0.39 is 11.9 Å². The number of imidazole rings is 1. The number of nitrogens with one attached hydrogen (secondary N) is 1. The number of thioether (sulfide) groups is 1. The van der Waals surface area contributed by atoms with Crippen molar-refractivity contribution in [2.45, 2.75) is 5.16 Å². The Balaban J connectivity index is 2.31. The number of carboxylic acids is 1. The van der Waals surface area contributed by atoms with Gasteiger partial charge in [0.05, 0.1) is 15.9 Å². The zero-order chi connectivity index (χ0) is 13.1. The number of fused-ring (bicyclic) bond motifs is 1. The van der Waals surface area contributed by atoms with Crippen molar-refractivity contribution in [1.82, 2.24) is 9.97 Å². The highest BCUT2D eigenvalue weighted by molar-refractivity contribution is 8.03. The van der Waals surface area contributed by atoms with Crippen molar-refractivity contribution in [3.05, 3.63) is 35.2 Å². The summed E-state index contributed by atoms with van der Waals surface area (Å²) >= 11 is 0.890. The zero-order valence-corrected chi connectivity index (χ0v) is 9.90. The molecule has 7 heteroatoms. The number of hydrogen-bond donors (Lipinski definition) is 3. The minimum atomic E-state index is -1.23. The first-order chi connectivity index (χ1) is 8.56. The molecule has 0 unspecified atom stereocenters. The highest BCUT2D eigenvalue weighted by atomic mass is 32.2. The molecule has 1 aromatic carbocycles. The maximum absolute atomic E-state index is 11.1. The second-order valence-electron chi connectivity index (χ2n) is 3.37. The topological polar surface area (TPSA) is 109 Å². The van der Waals surface area contributed by atoms with Crippen molar-refractivity contribution >= 4 is 34.7 Å². The number of carbonyl (C=O) groups excluding carboxylic acids is 1. The number of carboxylic acid groups (broad SMARTS) is 1. The molecule has 0 bridgehead atoms. The third-order valence-electron chi connectivity index (χ3n) is 2.07. The molecule has 18 heavy (non-hydrogen) atoms. The fraction of sp³-hybridized carbons (Fsp3) is 0. The van der Waals surface area contributed by atoms with Crippen molar-refractivity contribution < 1.29 is 14.7 Å². The van der Waals surface area contributed by atoms with Crippen molar-refractivity contribution in [3.8, 4) is 0 Å². The third kappa shape index (κ3) is 2.69. The van der Waals surface area contributed by atoms with Crippen LogP contribution in [0.3, 0.4) is 0 Å². The smallest absolute Gasteiger partial charge is 0.329 e. The summed E-state index contributed by atoms with van der Waals surface area (Å²) in [5.41, 5.74) is 6.63. The first-order valence-corrected chi connectivity index (χ1v) is 5.75. The van der Waals surface area contributed by atoms with Crippen LogP contribution in [-0.2, 0) is 9.59 Å². The predicted molar refractivity (Wildman–Crippen MR) is 66.9 cm³/mol. The lowest BCUT2D eigenvalue weighted by Gasteiger charge is -1.97. The molecule has 2 aromatic rings. The maximum Gasteiger partial charge on any atom is 0.329 e. The molecule has 0 aliphatic rings. The lowest BCUT2D eigenvalue weighted by molar-refractivity contribution is -0.131. The van der Waals surface area contributed by atoms with E-state index >= 15 is 0 Å². The van der Waals surface area contributed by atoms with E-state index in [1.807, 2.05) is 18.2 Å². The van der Waals surface area contributed by atoms with Crippen LogP contribution in [-0.4, -0.2) is 27.0 Å². The van der Waals surface area contributed by atoms with Crippen LogP contribution in [0, 0.1) is 0 Å². The van der Waals surface area contributed by atoms with Gasteiger partial charge in [0, 0.05) is 6.08 Å².